The molecule has 64 valence electrons. The molecule has 1 nitrogen and oxygen atoms in total. The summed E-state index contributed by atoms with van der Waals surface area (Å²) in [5.74, 6) is -1.37. The summed E-state index contributed by atoms with van der Waals surface area (Å²) in [7, 11) is 0. The van der Waals surface area contributed by atoms with Crippen molar-refractivity contribution in [3.8, 4) is 0 Å². The van der Waals surface area contributed by atoms with Crippen molar-refractivity contribution in [1.29, 1.82) is 0 Å². The third-order valence-corrected chi connectivity index (χ3v) is 2.47. The average molecular weight is 166 g/mol. The molecule has 0 aromatic rings. The molecule has 1 saturated carbocycles. The van der Waals surface area contributed by atoms with Gasteiger partial charge in [-0.05, 0) is 18.8 Å². The minimum absolute atomic E-state index is 0.219. The predicted molar refractivity (Wildman–Crippen MR) is 32.0 cm³/mol. The number of halogens is 3. The van der Waals surface area contributed by atoms with Gasteiger partial charge in [0.1, 0.15) is 0 Å². The maximum Gasteiger partial charge on any atom is 0.394 e. The maximum atomic E-state index is 12.1. The van der Waals surface area contributed by atoms with Gasteiger partial charge in [0.2, 0.25) is 0 Å². The van der Waals surface area contributed by atoms with Crippen LogP contribution in [0.3, 0.4) is 0 Å². The van der Waals surface area contributed by atoms with E-state index in [1.54, 1.807) is 0 Å². The summed E-state index contributed by atoms with van der Waals surface area (Å²) in [5, 5.41) is 0. The fourth-order valence-electron chi connectivity index (χ4n) is 1.88. The van der Waals surface area contributed by atoms with Gasteiger partial charge in [-0.1, -0.05) is 0 Å². The molecule has 1 heterocycles. The number of ether oxygens (including phenoxy) is 1. The van der Waals surface area contributed by atoms with E-state index < -0.39 is 18.2 Å². The zero-order valence-corrected chi connectivity index (χ0v) is 5.90. The van der Waals surface area contributed by atoms with E-state index in [9.17, 15) is 13.2 Å². The molecule has 0 N–H and O–H groups in total. The van der Waals surface area contributed by atoms with E-state index in [-0.39, 0.29) is 5.92 Å². The highest BCUT2D eigenvalue weighted by molar-refractivity contribution is 5.04. The van der Waals surface area contributed by atoms with Crippen LogP contribution < -0.4 is 0 Å². The Balaban J connectivity index is 2.00. The van der Waals surface area contributed by atoms with Crippen LogP contribution in [0.5, 0.6) is 0 Å². The Morgan fingerprint density at radius 2 is 2.00 bits per heavy atom. The van der Waals surface area contributed by atoms with Gasteiger partial charge in [-0.2, -0.15) is 13.2 Å². The molecule has 0 amide bonds. The van der Waals surface area contributed by atoms with Crippen molar-refractivity contribution in [2.24, 2.45) is 11.8 Å². The molecule has 1 saturated heterocycles. The van der Waals surface area contributed by atoms with Gasteiger partial charge in [-0.25, -0.2) is 0 Å². The van der Waals surface area contributed by atoms with Crippen molar-refractivity contribution >= 4 is 0 Å². The zero-order chi connectivity index (χ0) is 8.06. The van der Waals surface area contributed by atoms with Crippen molar-refractivity contribution in [2.45, 2.75) is 25.1 Å². The number of rotatable bonds is 0. The van der Waals surface area contributed by atoms with Crippen LogP contribution in [0.25, 0.3) is 0 Å². The first kappa shape index (κ1) is 7.40. The molecule has 0 unspecified atom stereocenters. The minimum Gasteiger partial charge on any atom is -0.377 e. The highest BCUT2D eigenvalue weighted by atomic mass is 19.4. The van der Waals surface area contributed by atoms with E-state index >= 15 is 0 Å². The molecule has 0 bridgehead atoms. The second-order valence-corrected chi connectivity index (χ2v) is 3.21. The molecular formula is C7H9F3O. The lowest BCUT2D eigenvalue weighted by atomic mass is 10.2. The SMILES string of the molecule is FC(F)(F)[C@H]1[C@@H]2CCCO[C@@H]21. The van der Waals surface area contributed by atoms with Crippen LogP contribution in [-0.4, -0.2) is 18.9 Å². The van der Waals surface area contributed by atoms with Crippen LogP contribution in [0.4, 0.5) is 13.2 Å². The summed E-state index contributed by atoms with van der Waals surface area (Å²) in [4.78, 5) is 0. The molecule has 2 fully saturated rings. The zero-order valence-electron chi connectivity index (χ0n) is 5.90. The fourth-order valence-corrected chi connectivity index (χ4v) is 1.88. The van der Waals surface area contributed by atoms with Crippen LogP contribution in [-0.2, 0) is 4.74 Å². The van der Waals surface area contributed by atoms with Gasteiger partial charge >= 0.3 is 6.18 Å². The summed E-state index contributed by atoms with van der Waals surface area (Å²) >= 11 is 0. The number of fused-ring (bicyclic) bond motifs is 1. The largest absolute Gasteiger partial charge is 0.394 e. The second-order valence-electron chi connectivity index (χ2n) is 3.21. The first-order chi connectivity index (χ1) is 5.11. The van der Waals surface area contributed by atoms with Gasteiger partial charge in [-0.15, -0.1) is 0 Å². The van der Waals surface area contributed by atoms with Gasteiger partial charge in [0.25, 0.3) is 0 Å². The van der Waals surface area contributed by atoms with E-state index in [0.29, 0.717) is 13.0 Å². The topological polar surface area (TPSA) is 9.23 Å². The van der Waals surface area contributed by atoms with E-state index in [1.807, 2.05) is 0 Å². The molecule has 3 atom stereocenters. The molecule has 11 heavy (non-hydrogen) atoms. The summed E-state index contributed by atoms with van der Waals surface area (Å²) in [6.45, 7) is 0.508. The smallest absolute Gasteiger partial charge is 0.377 e. The lowest BCUT2D eigenvalue weighted by molar-refractivity contribution is -0.157. The first-order valence-corrected chi connectivity index (χ1v) is 3.79. The van der Waals surface area contributed by atoms with Crippen LogP contribution >= 0.6 is 0 Å². The minimum atomic E-state index is -4.03. The molecule has 0 aromatic heterocycles. The van der Waals surface area contributed by atoms with E-state index in [0.717, 1.165) is 6.42 Å². The Hall–Kier alpha value is -0.250. The Morgan fingerprint density at radius 3 is 2.45 bits per heavy atom. The normalized spacial score (nSPS) is 43.4. The van der Waals surface area contributed by atoms with Gasteiger partial charge in [0, 0.05) is 6.61 Å². The van der Waals surface area contributed by atoms with Crippen molar-refractivity contribution in [3.05, 3.63) is 0 Å². The molecule has 1 aliphatic heterocycles. The standard InChI is InChI=1S/C7H9F3O/c8-7(9,10)5-4-2-1-3-11-6(4)5/h4-6H,1-3H2/t4-,5-,6-/m0/s1. The number of hydrogen-bond acceptors (Lipinski definition) is 1. The average Bonchev–Trinajstić information content (AvgIpc) is 2.58. The van der Waals surface area contributed by atoms with Crippen LogP contribution in [0, 0.1) is 11.8 Å². The predicted octanol–water partition coefficient (Wildman–Crippen LogP) is 1.97. The van der Waals surface area contributed by atoms with E-state index in [1.165, 1.54) is 0 Å². The third-order valence-electron chi connectivity index (χ3n) is 2.47. The van der Waals surface area contributed by atoms with Gasteiger partial charge in [-0.3, -0.25) is 0 Å². The van der Waals surface area contributed by atoms with E-state index in [4.69, 9.17) is 4.74 Å². The van der Waals surface area contributed by atoms with Crippen molar-refractivity contribution in [3.63, 3.8) is 0 Å². The number of hydrogen-bond donors (Lipinski definition) is 0. The highest BCUT2D eigenvalue weighted by Crippen LogP contribution is 2.55. The molecule has 2 rings (SSSR count). The second kappa shape index (κ2) is 2.12. The highest BCUT2D eigenvalue weighted by Gasteiger charge is 2.65. The van der Waals surface area contributed by atoms with Gasteiger partial charge in [0.15, 0.2) is 0 Å². The monoisotopic (exact) mass is 166 g/mol. The number of alkyl halides is 3. The third kappa shape index (κ3) is 1.13. The molecule has 2 aliphatic rings. The van der Waals surface area contributed by atoms with Gasteiger partial charge < -0.3 is 4.74 Å². The van der Waals surface area contributed by atoms with E-state index in [2.05, 4.69) is 0 Å². The molecule has 0 spiro atoms. The molecule has 0 radical (unpaired) electrons. The molecule has 4 heteroatoms. The summed E-state index contributed by atoms with van der Waals surface area (Å²) in [5.41, 5.74) is 0. The fraction of sp³-hybridized carbons (Fsp3) is 1.00. The lowest BCUT2D eigenvalue weighted by Gasteiger charge is -2.07. The van der Waals surface area contributed by atoms with Crippen molar-refractivity contribution in [2.75, 3.05) is 6.61 Å². The molecular weight excluding hydrogens is 157 g/mol. The van der Waals surface area contributed by atoms with Crippen LogP contribution in [0.2, 0.25) is 0 Å². The summed E-state index contributed by atoms with van der Waals surface area (Å²) < 4.78 is 41.2. The van der Waals surface area contributed by atoms with Crippen molar-refractivity contribution < 1.29 is 17.9 Å². The molecule has 1 aliphatic carbocycles. The van der Waals surface area contributed by atoms with Crippen LogP contribution in [0.1, 0.15) is 12.8 Å². The Bertz CT molecular complexity index is 154. The Kier molecular flexibility index (Phi) is 1.43. The quantitative estimate of drug-likeness (QED) is 0.534. The summed E-state index contributed by atoms with van der Waals surface area (Å²) in [6, 6.07) is 0. The maximum absolute atomic E-state index is 12.1. The summed E-state index contributed by atoms with van der Waals surface area (Å²) in [6.07, 6.45) is -3.05. The van der Waals surface area contributed by atoms with Crippen LogP contribution in [0.15, 0.2) is 0 Å². The lowest BCUT2D eigenvalue weighted by Crippen LogP contribution is -2.14. The first-order valence-electron chi connectivity index (χ1n) is 3.79. The Labute approximate surface area is 62.5 Å². The van der Waals surface area contributed by atoms with Gasteiger partial charge in [0.05, 0.1) is 12.0 Å². The molecule has 0 aromatic carbocycles. The Morgan fingerprint density at radius 1 is 1.27 bits per heavy atom. The van der Waals surface area contributed by atoms with Crippen molar-refractivity contribution in [1.82, 2.24) is 0 Å².